The number of carbonyl (C=O) groups excluding carboxylic acids is 5. The van der Waals surface area contributed by atoms with Gasteiger partial charge in [0.2, 0.25) is 11.8 Å². The van der Waals surface area contributed by atoms with Crippen molar-refractivity contribution >= 4 is 91.5 Å². The van der Waals surface area contributed by atoms with Crippen LogP contribution in [0, 0.1) is 0 Å². The number of carbonyl (C=O) groups is 5. The van der Waals surface area contributed by atoms with Crippen LogP contribution in [0.4, 0.5) is 10.5 Å². The standard InChI is InChI=1S/C44H65ClIN3O12S2/c1-27-14-12-16-34(58-9)44(55)24-36(60-41(54)49(44)46)43(5)26-42(4,61-43)35(23-38(52)48(7)32-21-30(20-27)22-33(57-8)39(32)45)59-40(53)29(3)47(6)37(51)18-17-28(2)62-25-31(50)15-13-19-63(10,11)56/h12,14,16,21-22,28-29,34-36,55,63H,13,15,17-20,23-26H2,1-11H3/b16-12+,27-14+/t28?,29-,34+,35-,36-,42+,43?,44-/m0/s1. The number of thioether (sulfide) groups is 1. The van der Waals surface area contributed by atoms with Crippen molar-refractivity contribution in [1.82, 2.24) is 8.01 Å². The second-order valence-electron chi connectivity index (χ2n) is 17.9. The van der Waals surface area contributed by atoms with E-state index in [4.69, 9.17) is 35.3 Å². The monoisotopic (exact) mass is 1050 g/mol. The molecule has 0 aliphatic carbocycles. The summed E-state index contributed by atoms with van der Waals surface area (Å²) in [5.74, 6) is -0.261. The molecule has 354 valence electrons. The molecule has 2 saturated heterocycles. The van der Waals surface area contributed by atoms with Crippen LogP contribution in [0.3, 0.4) is 0 Å². The van der Waals surface area contributed by atoms with Crippen molar-refractivity contribution in [3.63, 3.8) is 0 Å². The number of esters is 1. The average Bonchev–Trinajstić information content (AvgIpc) is 3.20. The van der Waals surface area contributed by atoms with Gasteiger partial charge in [0.25, 0.3) is 0 Å². The number of thiol groups is 1. The molecule has 3 amide bonds. The third-order valence-electron chi connectivity index (χ3n) is 12.0. The summed E-state index contributed by atoms with van der Waals surface area (Å²) in [6.07, 6.45) is 6.44. The van der Waals surface area contributed by atoms with Gasteiger partial charge in [0, 0.05) is 57.9 Å². The van der Waals surface area contributed by atoms with E-state index >= 15 is 0 Å². The van der Waals surface area contributed by atoms with E-state index in [0.29, 0.717) is 48.6 Å². The third kappa shape index (κ3) is 13.2. The summed E-state index contributed by atoms with van der Waals surface area (Å²) in [5.41, 5.74) is -2.25. The van der Waals surface area contributed by atoms with Crippen molar-refractivity contribution in [3.8, 4) is 5.75 Å². The normalized spacial score (nSPS) is 29.3. The molecule has 1 aromatic carbocycles. The van der Waals surface area contributed by atoms with Crippen LogP contribution in [-0.4, -0.2) is 146 Å². The first kappa shape index (κ1) is 52.9. The van der Waals surface area contributed by atoms with Gasteiger partial charge in [-0.3, -0.25) is 18.6 Å². The summed E-state index contributed by atoms with van der Waals surface area (Å²) < 4.78 is 43.0. The number of halogens is 2. The predicted octanol–water partition coefficient (Wildman–Crippen LogP) is 6.25. The van der Waals surface area contributed by atoms with E-state index in [0.717, 1.165) is 14.2 Å². The van der Waals surface area contributed by atoms with E-state index in [1.165, 1.54) is 42.8 Å². The first-order valence-electron chi connectivity index (χ1n) is 21.0. The molecular weight excluding hydrogens is 989 g/mol. The fourth-order valence-electron chi connectivity index (χ4n) is 8.10. The summed E-state index contributed by atoms with van der Waals surface area (Å²) in [5, 5.41) is 12.3. The lowest BCUT2D eigenvalue weighted by Gasteiger charge is -2.59. The van der Waals surface area contributed by atoms with Crippen LogP contribution in [0.15, 0.2) is 35.9 Å². The van der Waals surface area contributed by atoms with Crippen LogP contribution in [0.25, 0.3) is 0 Å². The van der Waals surface area contributed by atoms with Crippen LogP contribution < -0.4 is 9.64 Å². The number of allylic oxidation sites excluding steroid dienone is 3. The molecule has 1 aromatic rings. The molecule has 4 aliphatic heterocycles. The molecule has 4 heterocycles. The first-order chi connectivity index (χ1) is 29.3. The summed E-state index contributed by atoms with van der Waals surface area (Å²) in [7, 11) is 3.82. The number of aliphatic hydroxyl groups is 1. The largest absolute Gasteiger partial charge is 0.495 e. The SMILES string of the molecule is COc1cc2cc(c1Cl)N(C)C(=O)C[C@H](OC(=O)[C@H](C)N(C)C(=O)CCC(C)SCC(=O)CCC[SH](C)(C)=O)[C@@]1(C)CC(C)(O1)[C@@H]1C[C@](O)([C@H](OC)/C=C/C=C(\C)C2)N(I)C(=O)O1. The number of fused-ring (bicyclic) bond motifs is 6. The number of anilines is 1. The molecule has 63 heavy (non-hydrogen) atoms. The molecule has 0 saturated carbocycles. The Balaban J connectivity index is 1.59. The zero-order chi connectivity index (χ0) is 47.2. The lowest BCUT2D eigenvalue weighted by Crippen LogP contribution is -2.72. The van der Waals surface area contributed by atoms with Crippen molar-refractivity contribution in [3.05, 3.63) is 46.5 Å². The number of benzene rings is 1. The number of amides is 3. The fraction of sp³-hybridized carbons (Fsp3) is 0.659. The zero-order valence-corrected chi connectivity index (χ0v) is 42.9. The van der Waals surface area contributed by atoms with Gasteiger partial charge >= 0.3 is 12.1 Å². The Morgan fingerprint density at radius 2 is 1.81 bits per heavy atom. The van der Waals surface area contributed by atoms with Crippen LogP contribution >= 0.6 is 46.2 Å². The topological polar surface area (TPSA) is 179 Å². The quantitative estimate of drug-likeness (QED) is 0.0873. The Kier molecular flexibility index (Phi) is 18.2. The minimum atomic E-state index is -2.17. The molecule has 19 heteroatoms. The Morgan fingerprint density at radius 1 is 1.14 bits per heavy atom. The van der Waals surface area contributed by atoms with Gasteiger partial charge in [-0.05, 0) is 77.2 Å². The number of ether oxygens (including phenoxy) is 5. The maximum atomic E-state index is 14.3. The molecule has 15 nitrogen and oxygen atoms in total. The molecule has 0 spiro atoms. The van der Waals surface area contributed by atoms with Gasteiger partial charge in [-0.25, -0.2) is 12.7 Å². The van der Waals surface area contributed by atoms with E-state index in [1.54, 1.807) is 87.5 Å². The highest BCUT2D eigenvalue weighted by atomic mass is 127. The van der Waals surface area contributed by atoms with E-state index in [1.807, 2.05) is 19.9 Å². The molecule has 5 rings (SSSR count). The van der Waals surface area contributed by atoms with Crippen molar-refractivity contribution in [2.45, 2.75) is 133 Å². The number of likely N-dealkylation sites (N-methyl/N-ethyl adjacent to an activating group) is 1. The van der Waals surface area contributed by atoms with Crippen molar-refractivity contribution in [2.75, 3.05) is 57.2 Å². The van der Waals surface area contributed by atoms with Crippen LogP contribution in [0.1, 0.15) is 85.1 Å². The van der Waals surface area contributed by atoms with Gasteiger partial charge < -0.3 is 38.6 Å². The number of ketones is 1. The molecule has 6 bridgehead atoms. The lowest BCUT2D eigenvalue weighted by atomic mass is 9.72. The van der Waals surface area contributed by atoms with E-state index in [9.17, 15) is 33.3 Å². The number of Topliss-reactive ketones (excluding diaryl/α,β-unsaturated/α-hetero) is 1. The molecule has 8 atom stereocenters. The van der Waals surface area contributed by atoms with E-state index in [-0.39, 0.29) is 47.6 Å². The van der Waals surface area contributed by atoms with Gasteiger partial charge in [0.1, 0.15) is 52.1 Å². The maximum absolute atomic E-state index is 14.3. The second-order valence-corrected chi connectivity index (χ2v) is 24.2. The van der Waals surface area contributed by atoms with Gasteiger partial charge in [-0.15, -0.1) is 9.93 Å². The molecular formula is C44H65ClIN3O12S2. The minimum absolute atomic E-state index is 0.00687. The number of methoxy groups -OCH3 is 2. The molecule has 4 aliphatic rings. The van der Waals surface area contributed by atoms with Crippen LogP contribution in [-0.2, 0) is 54.5 Å². The fourth-order valence-corrected chi connectivity index (χ4v) is 10.8. The Labute approximate surface area is 396 Å². The maximum Gasteiger partial charge on any atom is 0.421 e. The number of hydrogen-bond acceptors (Lipinski definition) is 13. The van der Waals surface area contributed by atoms with Gasteiger partial charge in [-0.1, -0.05) is 42.3 Å². The average molecular weight is 1050 g/mol. The Morgan fingerprint density at radius 3 is 2.43 bits per heavy atom. The predicted molar refractivity (Wildman–Crippen MR) is 255 cm³/mol. The smallest absolute Gasteiger partial charge is 0.421 e. The molecule has 2 fully saturated rings. The summed E-state index contributed by atoms with van der Waals surface area (Å²) >= 11 is 9.98. The number of rotatable bonds is 15. The van der Waals surface area contributed by atoms with Crippen LogP contribution in [0.5, 0.6) is 5.75 Å². The number of nitrogens with zero attached hydrogens (tertiary/aromatic N) is 3. The highest BCUT2D eigenvalue weighted by molar-refractivity contribution is 14.1. The third-order valence-corrected chi connectivity index (χ3v) is 16.3. The van der Waals surface area contributed by atoms with Crippen molar-refractivity contribution in [1.29, 1.82) is 0 Å². The summed E-state index contributed by atoms with van der Waals surface area (Å²) in [6.45, 7) is 8.83. The molecule has 0 radical (unpaired) electrons. The van der Waals surface area contributed by atoms with Crippen LogP contribution in [0.2, 0.25) is 5.02 Å². The number of hydrogen-bond donors (Lipinski definition) is 2. The van der Waals surface area contributed by atoms with E-state index in [2.05, 4.69) is 0 Å². The Hall–Kier alpha value is -2.75. The van der Waals surface area contributed by atoms with E-state index < -0.39 is 69.2 Å². The highest BCUT2D eigenvalue weighted by Crippen LogP contribution is 2.52. The van der Waals surface area contributed by atoms with Crippen molar-refractivity contribution < 1.29 is 57.0 Å². The summed E-state index contributed by atoms with van der Waals surface area (Å²) in [6, 6.07) is 2.52. The minimum Gasteiger partial charge on any atom is -0.495 e. The highest BCUT2D eigenvalue weighted by Gasteiger charge is 2.64. The molecule has 1 N–H and O–H groups in total. The second kappa shape index (κ2) is 21.7. The lowest BCUT2D eigenvalue weighted by molar-refractivity contribution is -0.331. The van der Waals surface area contributed by atoms with Gasteiger partial charge in [-0.2, -0.15) is 11.8 Å². The molecule has 2 unspecified atom stereocenters. The summed E-state index contributed by atoms with van der Waals surface area (Å²) in [4.78, 5) is 70.1. The Bertz CT molecular complexity index is 1990. The van der Waals surface area contributed by atoms with Gasteiger partial charge in [0.05, 0.1) is 47.8 Å². The zero-order valence-electron chi connectivity index (χ0n) is 38.2. The first-order valence-corrected chi connectivity index (χ1v) is 26.2. The van der Waals surface area contributed by atoms with Crippen molar-refractivity contribution in [2.24, 2.45) is 0 Å². The molecule has 0 aromatic heterocycles. The van der Waals surface area contributed by atoms with Gasteiger partial charge in [0.15, 0.2) is 5.72 Å².